The molecule has 0 bridgehead atoms. The molecule has 37 nitrogen and oxygen atoms in total. The molecule has 16 rings (SSSR count). The van der Waals surface area contributed by atoms with Crippen LogP contribution in [0.15, 0.2) is 149 Å². The van der Waals surface area contributed by atoms with Crippen molar-refractivity contribution in [1.29, 1.82) is 0 Å². The summed E-state index contributed by atoms with van der Waals surface area (Å²) >= 11 is 0. The van der Waals surface area contributed by atoms with Crippen LogP contribution < -0.4 is 38.4 Å². The van der Waals surface area contributed by atoms with Gasteiger partial charge in [-0.1, -0.05) is 61.3 Å². The Labute approximate surface area is 735 Å². The molecule has 0 amide bonds. The Kier molecular flexibility index (Phi) is 28.5. The van der Waals surface area contributed by atoms with Crippen molar-refractivity contribution in [2.45, 2.75) is 171 Å². The average Bonchev–Trinajstić information content (AvgIpc) is 1.64. The number of nitrogens with one attached hydrogen (secondary N) is 3. The van der Waals surface area contributed by atoms with Crippen molar-refractivity contribution in [2.24, 2.45) is 17.8 Å². The largest absolute Gasteiger partial charge is 0.530 e. The lowest BCUT2D eigenvalue weighted by Crippen LogP contribution is -2.45. The van der Waals surface area contributed by atoms with Gasteiger partial charge in [0.15, 0.2) is 50.1 Å². The van der Waals surface area contributed by atoms with Gasteiger partial charge in [-0.25, -0.2) is 55.0 Å². The molecule has 3 saturated carbocycles. The highest BCUT2D eigenvalue weighted by molar-refractivity contribution is 7.49. The van der Waals surface area contributed by atoms with Gasteiger partial charge >= 0.3 is 23.5 Å². The summed E-state index contributed by atoms with van der Waals surface area (Å²) in [5.41, 5.74) is 19.0. The Morgan fingerprint density at radius 2 is 0.860 bits per heavy atom. The Morgan fingerprint density at radius 1 is 0.527 bits per heavy atom. The Morgan fingerprint density at radius 3 is 1.22 bits per heavy atom. The van der Waals surface area contributed by atoms with Crippen molar-refractivity contribution in [3.63, 3.8) is 0 Å². The first-order valence-electron chi connectivity index (χ1n) is 40.8. The summed E-state index contributed by atoms with van der Waals surface area (Å²) in [5, 5.41) is 31.2. The number of rotatable bonds is 20. The summed E-state index contributed by atoms with van der Waals surface area (Å²) in [4.78, 5) is 79.0. The van der Waals surface area contributed by atoms with Crippen LogP contribution in [-0.2, 0) is 58.7 Å². The first-order valence-corrected chi connectivity index (χ1v) is 51.0. The van der Waals surface area contributed by atoms with Crippen molar-refractivity contribution in [2.75, 3.05) is 56.8 Å². The van der Waals surface area contributed by atoms with Gasteiger partial charge in [-0.2, -0.15) is 15.0 Å². The molecule has 6 fully saturated rings. The number of H-pyrrole nitrogens is 3. The average molecular weight is 1900 g/mol. The molecule has 3 saturated heterocycles. The fraction of sp³-hybridized carbons (Fsp3) is 0.444. The van der Waals surface area contributed by atoms with E-state index < -0.39 is 139 Å². The minimum Gasteiger partial charge on any atom is -0.413 e. The second kappa shape index (κ2) is 38.0. The van der Waals surface area contributed by atoms with Crippen LogP contribution in [0.5, 0.6) is 5.75 Å². The number of phosphoric ester groups is 3. The number of aromatic amines is 3. The molecule has 0 spiro atoms. The third-order valence-corrected chi connectivity index (χ3v) is 37.6. The number of nitro groups is 1. The molecule has 694 valence electrons. The van der Waals surface area contributed by atoms with Crippen molar-refractivity contribution in [3.05, 3.63) is 227 Å². The number of aromatic nitrogens is 12. The molecule has 15 atom stereocenters. The highest BCUT2D eigenvalue weighted by Gasteiger charge is 2.51. The van der Waals surface area contributed by atoms with Gasteiger partial charge in [0.2, 0.25) is 17.8 Å². The highest BCUT2D eigenvalue weighted by Crippen LogP contribution is 2.61. The SMILES string of the molecule is C=C1[C@H](CO)[C@@H](O[Si](C)(C)C(C)(C)C)C[C@@H]1n1cnc2c(=O)[nH]c(N)nc21.C=C1[C@H](CO[P@]2(=O)OCC[C@H](c3cc(F)ccc3F)O2)[C@@H](O)C[C@@H]1n1cnc2c(=O)[nH]c(N)nc21.C=C1[C@H](CO[P@]2(=O)OCC[C@H](c3cc(F)ccc3F)O2)[C@@H](O[Si](C)(C)C(C)(C)C)C[C@@H]1n1cnc2c(=O)[nH]c(N)nc21.O=[N+]([O-])c1ccc(OP2(=O)OCC[C@H](c3cc(F)ccc3F)O2)cc1. The third kappa shape index (κ3) is 21.3. The predicted octanol–water partition coefficient (Wildman–Crippen LogP) is 15.3. The van der Waals surface area contributed by atoms with Crippen LogP contribution in [0.2, 0.25) is 36.3 Å². The van der Waals surface area contributed by atoms with E-state index in [-0.39, 0.29) is 173 Å². The molecule has 6 aromatic heterocycles. The van der Waals surface area contributed by atoms with E-state index in [0.29, 0.717) is 35.3 Å². The maximum Gasteiger partial charge on any atom is 0.530 e. The zero-order valence-electron chi connectivity index (χ0n) is 71.7. The van der Waals surface area contributed by atoms with Crippen molar-refractivity contribution in [1.82, 2.24) is 58.6 Å². The molecule has 1 unspecified atom stereocenters. The lowest BCUT2D eigenvalue weighted by Gasteiger charge is -2.40. The van der Waals surface area contributed by atoms with Gasteiger partial charge in [0.05, 0.1) is 112 Å². The number of nitrogens with zero attached hydrogens (tertiary/aromatic N) is 10. The molecule has 3 aliphatic carbocycles. The summed E-state index contributed by atoms with van der Waals surface area (Å²) < 4.78 is 189. The quantitative estimate of drug-likeness (QED) is 0.00877. The minimum absolute atomic E-state index is 0.0225. The Balaban J connectivity index is 0.000000150. The molecule has 48 heteroatoms. The van der Waals surface area contributed by atoms with Crippen molar-refractivity contribution < 1.29 is 105 Å². The Bertz CT molecular complexity index is 6270. The van der Waals surface area contributed by atoms with Crippen molar-refractivity contribution in [3.8, 4) is 5.75 Å². The van der Waals surface area contributed by atoms with Crippen LogP contribution in [0.25, 0.3) is 33.5 Å². The number of benzene rings is 4. The number of phosphoric acid groups is 3. The summed E-state index contributed by atoms with van der Waals surface area (Å²) in [6, 6.07) is 12.6. The van der Waals surface area contributed by atoms with Gasteiger partial charge in [-0.05, 0) is 139 Å². The number of anilines is 3. The van der Waals surface area contributed by atoms with E-state index in [4.69, 9.17) is 66.8 Å². The van der Waals surface area contributed by atoms with E-state index >= 15 is 0 Å². The lowest BCUT2D eigenvalue weighted by atomic mass is 10.0. The number of nitro benzene ring substituents is 1. The van der Waals surface area contributed by atoms with E-state index in [1.54, 1.807) is 15.5 Å². The number of aliphatic hydroxyl groups excluding tert-OH is 2. The Hall–Kier alpha value is -10.0. The minimum atomic E-state index is -4.16. The van der Waals surface area contributed by atoms with Crippen LogP contribution >= 0.6 is 23.5 Å². The molecule has 9 heterocycles. The van der Waals surface area contributed by atoms with Gasteiger partial charge in [-0.15, -0.1) is 0 Å². The number of hydrogen-bond donors (Lipinski definition) is 8. The van der Waals surface area contributed by atoms with E-state index in [0.717, 1.165) is 72.3 Å². The number of hydrogen-bond acceptors (Lipinski definition) is 30. The molecule has 6 aliphatic rings. The monoisotopic (exact) mass is 1890 g/mol. The molecule has 3 aliphatic heterocycles. The number of imidazole rings is 3. The first-order chi connectivity index (χ1) is 60.6. The van der Waals surface area contributed by atoms with Gasteiger partial charge in [-0.3, -0.25) is 75.6 Å². The highest BCUT2D eigenvalue weighted by atomic mass is 31.2. The molecule has 4 aromatic carbocycles. The van der Waals surface area contributed by atoms with Crippen LogP contribution in [0.1, 0.15) is 133 Å². The molecule has 11 N–H and O–H groups in total. The molecular weight excluding hydrogens is 1800 g/mol. The first kappa shape index (κ1) is 96.5. The number of aliphatic hydroxyl groups is 2. The number of non-ortho nitro benzene ring substituents is 1. The smallest absolute Gasteiger partial charge is 0.413 e. The van der Waals surface area contributed by atoms with E-state index in [1.807, 2.05) is 4.57 Å². The summed E-state index contributed by atoms with van der Waals surface area (Å²) in [6.45, 7) is 33.6. The van der Waals surface area contributed by atoms with Gasteiger partial charge in [0.25, 0.3) is 22.4 Å². The summed E-state index contributed by atoms with van der Waals surface area (Å²) in [7, 11) is -16.7. The molecule has 129 heavy (non-hydrogen) atoms. The summed E-state index contributed by atoms with van der Waals surface area (Å²) in [5.74, 6) is -5.36. The lowest BCUT2D eigenvalue weighted by molar-refractivity contribution is -0.384. The van der Waals surface area contributed by atoms with Gasteiger partial charge in [0.1, 0.15) is 46.8 Å². The number of fused-ring (bicyclic) bond motifs is 3. The second-order valence-electron chi connectivity index (χ2n) is 34.6. The maximum absolute atomic E-state index is 14.4. The fourth-order valence-electron chi connectivity index (χ4n) is 15.2. The molecule has 0 radical (unpaired) electrons. The predicted molar refractivity (Wildman–Crippen MR) is 464 cm³/mol. The van der Waals surface area contributed by atoms with Gasteiger partial charge < -0.3 is 54.5 Å². The molecular formula is C81H99F6N16O21P3Si2. The fourth-order valence-corrected chi connectivity index (χ4v) is 22.2. The van der Waals surface area contributed by atoms with Gasteiger partial charge in [0, 0.05) is 65.8 Å². The maximum atomic E-state index is 14.4. The van der Waals surface area contributed by atoms with E-state index in [9.17, 15) is 74.7 Å². The zero-order valence-corrected chi connectivity index (χ0v) is 76.4. The molecule has 10 aromatic rings. The van der Waals surface area contributed by atoms with Crippen LogP contribution in [0.3, 0.4) is 0 Å². The number of nitrogens with two attached hydrogens (primary N) is 3. The van der Waals surface area contributed by atoms with E-state index in [2.05, 4.69) is 132 Å². The number of halogens is 6. The second-order valence-corrected chi connectivity index (χ2v) is 48.9. The topological polar surface area (TPSA) is 505 Å². The third-order valence-electron chi connectivity index (χ3n) is 24.2. The van der Waals surface area contributed by atoms with Crippen molar-refractivity contribution >= 4 is 97.1 Å². The number of nitrogen functional groups attached to an aromatic ring is 3. The standard InChI is InChI=1S/C27H36F2N5O6PSi.C21H22F2N5O6P.C18H29N5O3Si.C15H12F2NO6P/c1-15-18(13-38-41(36)37-10-9-21(39-41)17-11-16(28)7-8-19(17)29)22(40-42(5,6)27(2,3)4)12-20(15)34-14-31-23-24(34)32-26(30)33-25(23)35;1-10-13(16(29)7-15(10)28-9-25-18-19(28)26-21(24)27-20(18)30)8-33-35(31)32-5-4-17(34-35)12-6-11(22)2-3-14(12)23;1-10-11(8-24)13(26-27(5,6)18(2,3)4)7-12(10)23-9-20-14-15(23)21-17(19)22-16(14)25;16-10-1-6-14(17)13(9-10)15-7-8-22-25(21,24-15)23-12-4-2-11(3-5-12)18(19)20/h7-8,11,14,18,20-22H,1,9-10,12-13H2,2-6H3,(H3,30,32,33,35);2-3,6,9,13,15-17,29H,1,4-5,7-8H2,(H3,24,26,27,30);9,11-13,24H,1,7-8H2,2-6H3,(H3,19,21,22,25);1-6,9,15H,7-8H2/t18-,20-,21+,22-,41-;13-,15-,16-,17+,35-;11-,12-,13-;15-,25?/m0001/s1. The van der Waals surface area contributed by atoms with Crippen LogP contribution in [-0.4, -0.2) is 148 Å². The van der Waals surface area contributed by atoms with Crippen LogP contribution in [0.4, 0.5) is 49.9 Å². The zero-order chi connectivity index (χ0) is 93.7. The summed E-state index contributed by atoms with van der Waals surface area (Å²) in [6.07, 6.45) is 1.81. The van der Waals surface area contributed by atoms with E-state index in [1.165, 1.54) is 24.8 Å². The van der Waals surface area contributed by atoms with Crippen LogP contribution in [0, 0.1) is 62.8 Å². The normalized spacial score (nSPS) is 26.3.